The molecule has 0 bridgehead atoms. The van der Waals surface area contributed by atoms with Crippen LogP contribution in [0.25, 0.3) is 0 Å². The third kappa shape index (κ3) is 3.78. The fraction of sp³-hybridized carbons (Fsp3) is 0.733. The summed E-state index contributed by atoms with van der Waals surface area (Å²) in [7, 11) is 0. The lowest BCUT2D eigenvalue weighted by Gasteiger charge is -2.31. The molecule has 0 aromatic carbocycles. The van der Waals surface area contributed by atoms with Gasteiger partial charge in [0.2, 0.25) is 5.91 Å². The molecule has 0 unspecified atom stereocenters. The lowest BCUT2D eigenvalue weighted by molar-refractivity contribution is -0.147. The zero-order chi connectivity index (χ0) is 14.5. The van der Waals surface area contributed by atoms with Crippen LogP contribution in [-0.4, -0.2) is 34.5 Å². The van der Waals surface area contributed by atoms with E-state index in [0.29, 0.717) is 18.1 Å². The van der Waals surface area contributed by atoms with Gasteiger partial charge in [-0.2, -0.15) is 11.8 Å². The molecule has 0 radical (unpaired) electrons. The molecular formula is C15H23NO3S. The monoisotopic (exact) mass is 297 g/mol. The van der Waals surface area contributed by atoms with Crippen LogP contribution in [0.3, 0.4) is 0 Å². The van der Waals surface area contributed by atoms with Crippen LogP contribution in [-0.2, 0) is 9.59 Å². The Bertz CT molecular complexity index is 389. The highest BCUT2D eigenvalue weighted by atomic mass is 32.2. The molecule has 0 heterocycles. The smallest absolute Gasteiger partial charge is 0.307 e. The van der Waals surface area contributed by atoms with Gasteiger partial charge in [-0.1, -0.05) is 12.2 Å². The molecule has 2 aliphatic rings. The Labute approximate surface area is 124 Å². The van der Waals surface area contributed by atoms with Crippen LogP contribution in [0.1, 0.15) is 38.5 Å². The molecule has 1 saturated carbocycles. The fourth-order valence-corrected chi connectivity index (χ4v) is 3.87. The lowest BCUT2D eigenvalue weighted by atomic mass is 9.82. The second-order valence-corrected chi connectivity index (χ2v) is 6.85. The first-order valence-corrected chi connectivity index (χ1v) is 8.61. The molecule has 1 fully saturated rings. The van der Waals surface area contributed by atoms with Crippen LogP contribution in [0.4, 0.5) is 0 Å². The zero-order valence-electron chi connectivity index (χ0n) is 11.9. The van der Waals surface area contributed by atoms with Crippen molar-refractivity contribution in [1.29, 1.82) is 0 Å². The number of rotatable bonds is 4. The number of hydrogen-bond donors (Lipinski definition) is 2. The van der Waals surface area contributed by atoms with Crippen LogP contribution in [0.5, 0.6) is 0 Å². The zero-order valence-corrected chi connectivity index (χ0v) is 12.7. The lowest BCUT2D eigenvalue weighted by Crippen LogP contribution is -2.44. The number of aliphatic carboxylic acids is 1. The summed E-state index contributed by atoms with van der Waals surface area (Å²) >= 11 is 1.90. The molecule has 5 heteroatoms. The molecular weight excluding hydrogens is 274 g/mol. The van der Waals surface area contributed by atoms with E-state index in [1.807, 2.05) is 23.9 Å². The summed E-state index contributed by atoms with van der Waals surface area (Å²) in [6.07, 6.45) is 11.2. The summed E-state index contributed by atoms with van der Waals surface area (Å²) < 4.78 is 0. The topological polar surface area (TPSA) is 66.4 Å². The van der Waals surface area contributed by atoms with Gasteiger partial charge in [-0.3, -0.25) is 9.59 Å². The van der Waals surface area contributed by atoms with Gasteiger partial charge in [0.25, 0.3) is 0 Å². The molecule has 1 amide bonds. The van der Waals surface area contributed by atoms with Crippen LogP contribution in [0, 0.1) is 11.8 Å². The van der Waals surface area contributed by atoms with Gasteiger partial charge in [-0.15, -0.1) is 0 Å². The largest absolute Gasteiger partial charge is 0.481 e. The van der Waals surface area contributed by atoms with Crippen molar-refractivity contribution in [3.8, 4) is 0 Å². The van der Waals surface area contributed by atoms with Gasteiger partial charge in [-0.05, 0) is 44.8 Å². The van der Waals surface area contributed by atoms with Gasteiger partial charge in [0.15, 0.2) is 0 Å². The molecule has 2 atom stereocenters. The molecule has 0 aromatic rings. The van der Waals surface area contributed by atoms with Crippen molar-refractivity contribution in [1.82, 2.24) is 5.32 Å². The molecule has 20 heavy (non-hydrogen) atoms. The molecule has 0 aliphatic heterocycles. The highest BCUT2D eigenvalue weighted by Crippen LogP contribution is 2.29. The Morgan fingerprint density at radius 1 is 1.10 bits per heavy atom. The van der Waals surface area contributed by atoms with Crippen LogP contribution in [0.2, 0.25) is 0 Å². The maximum absolute atomic E-state index is 12.3. The van der Waals surface area contributed by atoms with Gasteiger partial charge >= 0.3 is 5.97 Å². The van der Waals surface area contributed by atoms with Gasteiger partial charge in [0.1, 0.15) is 0 Å². The van der Waals surface area contributed by atoms with Gasteiger partial charge in [-0.25, -0.2) is 0 Å². The molecule has 4 nitrogen and oxygen atoms in total. The number of nitrogens with one attached hydrogen (secondary N) is 1. The Hall–Kier alpha value is -0.970. The van der Waals surface area contributed by atoms with Crippen LogP contribution < -0.4 is 5.32 Å². The van der Waals surface area contributed by atoms with Crippen molar-refractivity contribution in [2.45, 2.75) is 49.8 Å². The van der Waals surface area contributed by atoms with E-state index < -0.39 is 17.8 Å². The van der Waals surface area contributed by atoms with E-state index in [9.17, 15) is 14.7 Å². The normalized spacial score (nSPS) is 33.6. The van der Waals surface area contributed by atoms with Gasteiger partial charge in [0.05, 0.1) is 11.8 Å². The Morgan fingerprint density at radius 2 is 1.70 bits per heavy atom. The third-order valence-corrected chi connectivity index (χ3v) is 5.58. The molecule has 112 valence electrons. The second-order valence-electron chi connectivity index (χ2n) is 5.71. The fourth-order valence-electron chi connectivity index (χ4n) is 3.13. The maximum atomic E-state index is 12.3. The van der Waals surface area contributed by atoms with Crippen molar-refractivity contribution in [3.05, 3.63) is 12.2 Å². The number of thioether (sulfide) groups is 1. The highest BCUT2D eigenvalue weighted by molar-refractivity contribution is 7.99. The number of amides is 1. The first-order valence-electron chi connectivity index (χ1n) is 7.32. The quantitative estimate of drug-likeness (QED) is 0.782. The molecule has 2 rings (SSSR count). The van der Waals surface area contributed by atoms with Crippen LogP contribution in [0.15, 0.2) is 12.2 Å². The van der Waals surface area contributed by atoms with E-state index in [4.69, 9.17) is 0 Å². The summed E-state index contributed by atoms with van der Waals surface area (Å²) in [5.74, 6) is -1.91. The van der Waals surface area contributed by atoms with Gasteiger partial charge in [0, 0.05) is 11.3 Å². The van der Waals surface area contributed by atoms with E-state index in [1.165, 1.54) is 0 Å². The summed E-state index contributed by atoms with van der Waals surface area (Å²) in [6.45, 7) is 0. The third-order valence-electron chi connectivity index (χ3n) is 4.44. The number of carboxylic acids is 1. The predicted molar refractivity (Wildman–Crippen MR) is 80.7 cm³/mol. The minimum atomic E-state index is -0.861. The molecule has 2 aliphatic carbocycles. The van der Waals surface area contributed by atoms with Crippen molar-refractivity contribution in [2.75, 3.05) is 6.26 Å². The van der Waals surface area contributed by atoms with Crippen molar-refractivity contribution >= 4 is 23.6 Å². The summed E-state index contributed by atoms with van der Waals surface area (Å²) in [6, 6.07) is 0.228. The molecule has 2 N–H and O–H groups in total. The number of carbonyl (C=O) groups is 2. The van der Waals surface area contributed by atoms with Crippen LogP contribution >= 0.6 is 11.8 Å². The van der Waals surface area contributed by atoms with Gasteiger partial charge < -0.3 is 10.4 Å². The SMILES string of the molecule is CSC1CCC(NC(=O)[C@@H]2CC=CC[C@@H]2C(=O)O)CC1. The van der Waals surface area contributed by atoms with Crippen molar-refractivity contribution in [3.63, 3.8) is 0 Å². The van der Waals surface area contributed by atoms with E-state index in [2.05, 4.69) is 11.6 Å². The Kier molecular flexibility index (Phi) is 5.52. The van der Waals surface area contributed by atoms with Crippen molar-refractivity contribution < 1.29 is 14.7 Å². The number of carbonyl (C=O) groups excluding carboxylic acids is 1. The predicted octanol–water partition coefficient (Wildman–Crippen LogP) is 2.44. The Balaban J connectivity index is 1.88. The summed E-state index contributed by atoms with van der Waals surface area (Å²) in [5, 5.41) is 13.0. The van der Waals surface area contributed by atoms with E-state index >= 15 is 0 Å². The minimum absolute atomic E-state index is 0.0747. The van der Waals surface area contributed by atoms with Crippen molar-refractivity contribution in [2.24, 2.45) is 11.8 Å². The standard InChI is InChI=1S/C15H23NO3S/c1-20-11-8-6-10(7-9-11)16-14(17)12-4-2-3-5-13(12)15(18)19/h2-3,10-13H,4-9H2,1H3,(H,16,17)(H,18,19)/t10?,11?,12-,13+/m1/s1. The van der Waals surface area contributed by atoms with E-state index in [-0.39, 0.29) is 11.9 Å². The number of carboxylic acid groups (broad SMARTS) is 1. The average Bonchev–Trinajstić information content (AvgIpc) is 2.48. The molecule has 0 saturated heterocycles. The summed E-state index contributed by atoms with van der Waals surface area (Å²) in [4.78, 5) is 23.5. The maximum Gasteiger partial charge on any atom is 0.307 e. The molecule has 0 spiro atoms. The number of allylic oxidation sites excluding steroid dienone is 2. The Morgan fingerprint density at radius 3 is 2.25 bits per heavy atom. The van der Waals surface area contributed by atoms with E-state index in [0.717, 1.165) is 25.7 Å². The molecule has 0 aromatic heterocycles. The van der Waals surface area contributed by atoms with E-state index in [1.54, 1.807) is 0 Å². The first kappa shape index (κ1) is 15.4. The number of hydrogen-bond acceptors (Lipinski definition) is 3. The highest BCUT2D eigenvalue weighted by Gasteiger charge is 2.35. The summed E-state index contributed by atoms with van der Waals surface area (Å²) in [5.41, 5.74) is 0. The second kappa shape index (κ2) is 7.16. The minimum Gasteiger partial charge on any atom is -0.481 e. The first-order chi connectivity index (χ1) is 9.61. The average molecular weight is 297 g/mol.